The Morgan fingerprint density at radius 1 is 0.500 bits per heavy atom. The molecule has 0 spiro atoms. The molecule has 164 valence electrons. The van der Waals surface area contributed by atoms with Crippen molar-refractivity contribution in [2.75, 3.05) is 4.90 Å². The van der Waals surface area contributed by atoms with Crippen molar-refractivity contribution in [2.45, 2.75) is 0 Å². The summed E-state index contributed by atoms with van der Waals surface area (Å²) in [5.74, 6) is 1.61. The fraction of sp³-hybridized carbons (Fsp3) is 0. The van der Waals surface area contributed by atoms with E-state index in [2.05, 4.69) is 140 Å². The fourth-order valence-corrected chi connectivity index (χ4v) is 5.16. The maximum atomic E-state index is 6.38. The lowest BCUT2D eigenvalue weighted by atomic mass is 9.94. The molecule has 1 heterocycles. The van der Waals surface area contributed by atoms with Crippen LogP contribution < -0.4 is 9.64 Å². The van der Waals surface area contributed by atoms with E-state index < -0.39 is 0 Å². The Balaban J connectivity index is 1.71. The van der Waals surface area contributed by atoms with Crippen LogP contribution in [-0.4, -0.2) is 0 Å². The lowest BCUT2D eigenvalue weighted by molar-refractivity contribution is 0.476. The van der Waals surface area contributed by atoms with Gasteiger partial charge in [-0.3, -0.25) is 0 Å². The number of hydrogen-bond acceptors (Lipinski definition) is 2. The molecule has 4 heteroatoms. The number of nitrogens with zero attached hydrogens (tertiary/aromatic N) is 1. The van der Waals surface area contributed by atoms with Crippen molar-refractivity contribution in [3.05, 3.63) is 124 Å². The van der Waals surface area contributed by atoms with Crippen molar-refractivity contribution in [3.63, 3.8) is 0 Å². The summed E-state index contributed by atoms with van der Waals surface area (Å²) >= 11 is 7.23. The quantitative estimate of drug-likeness (QED) is 0.210. The minimum Gasteiger partial charge on any atom is -0.453 e. The Morgan fingerprint density at radius 3 is 1.44 bits per heavy atom. The van der Waals surface area contributed by atoms with Gasteiger partial charge < -0.3 is 9.64 Å². The van der Waals surface area contributed by atoms with E-state index in [4.69, 9.17) is 4.74 Å². The van der Waals surface area contributed by atoms with Crippen LogP contribution in [0.2, 0.25) is 0 Å². The second-order valence-corrected chi connectivity index (χ2v) is 9.93. The normalized spacial score (nSPS) is 12.0. The van der Waals surface area contributed by atoms with Gasteiger partial charge in [-0.1, -0.05) is 111 Å². The number of fused-ring (bicyclic) bond motifs is 2. The Bertz CT molecular complexity index is 1390. The molecule has 0 radical (unpaired) electrons. The smallest absolute Gasteiger partial charge is 0.152 e. The summed E-state index contributed by atoms with van der Waals surface area (Å²) < 4.78 is 8.33. The van der Waals surface area contributed by atoms with Gasteiger partial charge in [0.2, 0.25) is 0 Å². The molecule has 0 saturated heterocycles. The third-order valence-corrected chi connectivity index (χ3v) is 6.96. The van der Waals surface area contributed by atoms with Crippen LogP contribution in [0.3, 0.4) is 0 Å². The van der Waals surface area contributed by atoms with Crippen LogP contribution >= 0.6 is 31.9 Å². The van der Waals surface area contributed by atoms with Crippen molar-refractivity contribution in [1.29, 1.82) is 0 Å². The molecule has 0 aromatic heterocycles. The van der Waals surface area contributed by atoms with E-state index in [1.807, 2.05) is 12.1 Å². The zero-order valence-electron chi connectivity index (χ0n) is 18.1. The maximum absolute atomic E-state index is 6.38. The lowest BCUT2D eigenvalue weighted by Gasteiger charge is -2.35. The molecule has 1 aliphatic heterocycles. The van der Waals surface area contributed by atoms with Crippen LogP contribution in [0.1, 0.15) is 0 Å². The van der Waals surface area contributed by atoms with Crippen molar-refractivity contribution in [2.24, 2.45) is 0 Å². The van der Waals surface area contributed by atoms with E-state index in [1.165, 1.54) is 11.1 Å². The first kappa shape index (κ1) is 21.2. The lowest BCUT2D eigenvalue weighted by Crippen LogP contribution is -2.17. The Kier molecular flexibility index (Phi) is 5.48. The van der Waals surface area contributed by atoms with Gasteiger partial charge in [0.25, 0.3) is 0 Å². The molecule has 0 fully saturated rings. The van der Waals surface area contributed by atoms with Gasteiger partial charge >= 0.3 is 0 Å². The highest BCUT2D eigenvalue weighted by Gasteiger charge is 2.30. The monoisotopic (exact) mass is 567 g/mol. The molecule has 1 aliphatic rings. The first-order chi connectivity index (χ1) is 16.7. The molecular formula is C30H19Br2NO. The largest absolute Gasteiger partial charge is 0.453 e. The van der Waals surface area contributed by atoms with E-state index in [0.29, 0.717) is 0 Å². The van der Waals surface area contributed by atoms with Crippen molar-refractivity contribution >= 4 is 48.9 Å². The highest BCUT2D eigenvalue weighted by Crippen LogP contribution is 2.55. The second-order valence-electron chi connectivity index (χ2n) is 8.10. The summed E-state index contributed by atoms with van der Waals surface area (Å²) in [5, 5.41) is 0. The number of ether oxygens (including phenoxy) is 1. The average Bonchev–Trinajstić information content (AvgIpc) is 2.88. The summed E-state index contributed by atoms with van der Waals surface area (Å²) in [5.41, 5.74) is 7.77. The van der Waals surface area contributed by atoms with Crippen LogP contribution in [0.5, 0.6) is 11.5 Å². The number of rotatable bonds is 3. The number of halogens is 2. The number of para-hydroxylation sites is 1. The molecule has 0 N–H and O–H groups in total. The zero-order valence-corrected chi connectivity index (χ0v) is 21.3. The average molecular weight is 569 g/mol. The van der Waals surface area contributed by atoms with E-state index >= 15 is 0 Å². The van der Waals surface area contributed by atoms with Gasteiger partial charge in [-0.25, -0.2) is 0 Å². The predicted octanol–water partition coefficient (Wildman–Crippen LogP) is 10.1. The van der Waals surface area contributed by atoms with Gasteiger partial charge in [0, 0.05) is 20.1 Å². The van der Waals surface area contributed by atoms with Crippen molar-refractivity contribution in [1.82, 2.24) is 0 Å². The Hall–Kier alpha value is -3.34. The van der Waals surface area contributed by atoms with Crippen molar-refractivity contribution in [3.8, 4) is 33.8 Å². The third kappa shape index (κ3) is 3.73. The molecule has 34 heavy (non-hydrogen) atoms. The molecule has 0 aliphatic carbocycles. The van der Waals surface area contributed by atoms with Gasteiger partial charge in [0.1, 0.15) is 0 Å². The molecular weight excluding hydrogens is 550 g/mol. The van der Waals surface area contributed by atoms with E-state index in [0.717, 1.165) is 48.6 Å². The standard InChI is InChI=1S/C30H19Br2NO/c31-22-14-16-26-28(18-22)34-29-19-23(32)15-17-27(29)33(26)30-24(20-8-3-1-4-9-20)12-7-13-25(30)21-10-5-2-6-11-21/h1-19H. The Morgan fingerprint density at radius 2 is 0.971 bits per heavy atom. The number of benzene rings is 5. The maximum Gasteiger partial charge on any atom is 0.152 e. The second kappa shape index (κ2) is 8.79. The van der Waals surface area contributed by atoms with Crippen LogP contribution in [-0.2, 0) is 0 Å². The number of hydrogen-bond donors (Lipinski definition) is 0. The highest BCUT2D eigenvalue weighted by molar-refractivity contribution is 9.10. The molecule has 5 aromatic rings. The van der Waals surface area contributed by atoms with Gasteiger partial charge in [-0.15, -0.1) is 0 Å². The molecule has 0 atom stereocenters. The minimum absolute atomic E-state index is 0.807. The fourth-order valence-electron chi connectivity index (χ4n) is 4.48. The first-order valence-electron chi connectivity index (χ1n) is 11.0. The van der Waals surface area contributed by atoms with E-state index in [9.17, 15) is 0 Å². The summed E-state index contributed by atoms with van der Waals surface area (Å²) in [6.45, 7) is 0. The van der Waals surface area contributed by atoms with Crippen LogP contribution in [0.15, 0.2) is 124 Å². The van der Waals surface area contributed by atoms with Crippen molar-refractivity contribution < 1.29 is 4.74 Å². The molecule has 0 unspecified atom stereocenters. The topological polar surface area (TPSA) is 12.5 Å². The predicted molar refractivity (Wildman–Crippen MR) is 147 cm³/mol. The van der Waals surface area contributed by atoms with Gasteiger partial charge in [-0.05, 0) is 47.5 Å². The summed E-state index contributed by atoms with van der Waals surface area (Å²) in [4.78, 5) is 2.33. The SMILES string of the molecule is Brc1ccc2c(c1)Oc1cc(Br)ccc1N2c1c(-c2ccccc2)cccc1-c1ccccc1. The van der Waals surface area contributed by atoms with Crippen LogP contribution in [0.25, 0.3) is 22.3 Å². The summed E-state index contributed by atoms with van der Waals surface area (Å²) in [6, 6.07) is 40.1. The van der Waals surface area contributed by atoms with Gasteiger partial charge in [-0.2, -0.15) is 0 Å². The van der Waals surface area contributed by atoms with E-state index in [-0.39, 0.29) is 0 Å². The number of anilines is 3. The van der Waals surface area contributed by atoms with E-state index in [1.54, 1.807) is 0 Å². The molecule has 6 rings (SSSR count). The minimum atomic E-state index is 0.807. The molecule has 2 nitrogen and oxygen atoms in total. The molecule has 0 saturated carbocycles. The summed E-state index contributed by atoms with van der Waals surface area (Å²) in [7, 11) is 0. The van der Waals surface area contributed by atoms with Gasteiger partial charge in [0.15, 0.2) is 11.5 Å². The zero-order chi connectivity index (χ0) is 23.1. The first-order valence-corrected chi connectivity index (χ1v) is 12.6. The van der Waals surface area contributed by atoms with Crippen LogP contribution in [0, 0.1) is 0 Å². The molecule has 0 bridgehead atoms. The van der Waals surface area contributed by atoms with Crippen LogP contribution in [0.4, 0.5) is 17.1 Å². The molecule has 5 aromatic carbocycles. The Labute approximate surface area is 215 Å². The molecule has 0 amide bonds. The van der Waals surface area contributed by atoms with Gasteiger partial charge in [0.05, 0.1) is 17.1 Å². The third-order valence-electron chi connectivity index (χ3n) is 5.97. The summed E-state index contributed by atoms with van der Waals surface area (Å²) in [6.07, 6.45) is 0. The highest BCUT2D eigenvalue weighted by atomic mass is 79.9.